The van der Waals surface area contributed by atoms with E-state index >= 15 is 0 Å². The van der Waals surface area contributed by atoms with Crippen molar-refractivity contribution in [2.24, 2.45) is 0 Å². The Balaban J connectivity index is 1.63. The maximum absolute atomic E-state index is 14.1. The molecule has 8 nitrogen and oxygen atoms in total. The monoisotopic (exact) mass is 494 g/mol. The van der Waals surface area contributed by atoms with E-state index in [1.54, 1.807) is 24.3 Å². The second-order valence-corrected chi connectivity index (χ2v) is 8.74. The summed E-state index contributed by atoms with van der Waals surface area (Å²) in [5.74, 6) is 0.935. The fourth-order valence-corrected chi connectivity index (χ4v) is 4.64. The van der Waals surface area contributed by atoms with Gasteiger partial charge in [-0.1, -0.05) is 84.9 Å². The van der Waals surface area contributed by atoms with Crippen molar-refractivity contribution >= 4 is 27.5 Å². The molecule has 0 bridgehead atoms. The van der Waals surface area contributed by atoms with Crippen LogP contribution in [0, 0.1) is 0 Å². The van der Waals surface area contributed by atoms with Crippen LogP contribution in [0.2, 0.25) is 0 Å². The van der Waals surface area contributed by atoms with Crippen LogP contribution in [0.5, 0.6) is 0 Å². The van der Waals surface area contributed by atoms with Crippen molar-refractivity contribution in [3.63, 3.8) is 0 Å². The third-order valence-electron chi connectivity index (χ3n) is 6.43. The number of hydrogen-bond acceptors (Lipinski definition) is 6. The summed E-state index contributed by atoms with van der Waals surface area (Å²) < 4.78 is 2.46. The Morgan fingerprint density at radius 3 is 1.74 bits per heavy atom. The largest absolute Gasteiger partial charge is 0.344 e. The van der Waals surface area contributed by atoms with Crippen LogP contribution in [0.25, 0.3) is 56.2 Å². The first-order valence-electron chi connectivity index (χ1n) is 12.0. The standard InChI is InChI=1S/C30H18N6O2/c37-28-21-15-7-9-17-23(21)31-27-22-16-8-10-18-24(22)35(30(38)36(27)28)29-33-25(19-11-3-1-4-12-19)32-26(34-29)20-13-5-2-6-14-20/h1-18H. The molecule has 8 heteroatoms. The lowest BCUT2D eigenvalue weighted by Crippen LogP contribution is -2.35. The molecule has 0 radical (unpaired) electrons. The van der Waals surface area contributed by atoms with Crippen molar-refractivity contribution < 1.29 is 0 Å². The number of hydrogen-bond donors (Lipinski definition) is 0. The zero-order chi connectivity index (χ0) is 25.6. The first-order chi connectivity index (χ1) is 18.7. The SMILES string of the molecule is O=c1c2ccccc2nc2c3ccccc3n(-c3nc(-c4ccccc4)nc(-c4ccccc4)n3)c(=O)n12. The fourth-order valence-electron chi connectivity index (χ4n) is 4.64. The Morgan fingerprint density at radius 1 is 0.526 bits per heavy atom. The Bertz CT molecular complexity index is 2060. The van der Waals surface area contributed by atoms with Gasteiger partial charge < -0.3 is 0 Å². The van der Waals surface area contributed by atoms with Gasteiger partial charge >= 0.3 is 5.69 Å². The molecule has 7 aromatic rings. The highest BCUT2D eigenvalue weighted by molar-refractivity contribution is 5.94. The second kappa shape index (κ2) is 8.56. The number of aromatic nitrogens is 6. The minimum Gasteiger partial charge on any atom is -0.268 e. The molecule has 38 heavy (non-hydrogen) atoms. The summed E-state index contributed by atoms with van der Waals surface area (Å²) in [6.45, 7) is 0. The Labute approximate surface area is 215 Å². The number of para-hydroxylation sites is 2. The molecule has 0 aliphatic heterocycles. The zero-order valence-corrected chi connectivity index (χ0v) is 19.9. The van der Waals surface area contributed by atoms with Crippen LogP contribution in [0.4, 0.5) is 0 Å². The normalized spacial score (nSPS) is 11.4. The van der Waals surface area contributed by atoms with E-state index in [2.05, 4.69) is 4.98 Å². The van der Waals surface area contributed by atoms with E-state index in [4.69, 9.17) is 15.0 Å². The average Bonchev–Trinajstić information content (AvgIpc) is 2.98. The summed E-state index contributed by atoms with van der Waals surface area (Å²) >= 11 is 0. The summed E-state index contributed by atoms with van der Waals surface area (Å²) in [5.41, 5.74) is 1.84. The van der Waals surface area contributed by atoms with Crippen molar-refractivity contribution in [3.8, 4) is 28.7 Å². The highest BCUT2D eigenvalue weighted by Crippen LogP contribution is 2.24. The molecule has 0 unspecified atom stereocenters. The van der Waals surface area contributed by atoms with Crippen LogP contribution in [-0.4, -0.2) is 28.9 Å². The van der Waals surface area contributed by atoms with Crippen LogP contribution in [0.1, 0.15) is 0 Å². The quantitative estimate of drug-likeness (QED) is 0.262. The molecule has 0 N–H and O–H groups in total. The van der Waals surface area contributed by atoms with Gasteiger partial charge in [-0.25, -0.2) is 23.7 Å². The molecule has 0 atom stereocenters. The van der Waals surface area contributed by atoms with E-state index in [9.17, 15) is 9.59 Å². The molecule has 3 aromatic heterocycles. The maximum Gasteiger partial charge on any atom is 0.344 e. The fraction of sp³-hybridized carbons (Fsp3) is 0. The summed E-state index contributed by atoms with van der Waals surface area (Å²) in [7, 11) is 0. The first kappa shape index (κ1) is 21.8. The minimum absolute atomic E-state index is 0.112. The molecular weight excluding hydrogens is 476 g/mol. The third-order valence-corrected chi connectivity index (χ3v) is 6.43. The van der Waals surface area contributed by atoms with Gasteiger partial charge in [-0.15, -0.1) is 0 Å². The minimum atomic E-state index is -0.605. The van der Waals surface area contributed by atoms with Crippen molar-refractivity contribution in [1.82, 2.24) is 28.9 Å². The number of fused-ring (bicyclic) bond motifs is 4. The lowest BCUT2D eigenvalue weighted by atomic mass is 10.2. The van der Waals surface area contributed by atoms with Gasteiger partial charge in [0.15, 0.2) is 17.3 Å². The molecule has 0 aliphatic carbocycles. The highest BCUT2D eigenvalue weighted by atomic mass is 16.2. The molecule has 0 spiro atoms. The molecule has 180 valence electrons. The molecule has 4 aromatic carbocycles. The molecule has 0 saturated heterocycles. The van der Waals surface area contributed by atoms with Gasteiger partial charge in [0.2, 0.25) is 5.95 Å². The summed E-state index contributed by atoms with van der Waals surface area (Å²) in [6.07, 6.45) is 0. The first-order valence-corrected chi connectivity index (χ1v) is 12.0. The molecule has 3 heterocycles. The number of nitrogens with zero attached hydrogens (tertiary/aromatic N) is 6. The van der Waals surface area contributed by atoms with Crippen molar-refractivity contribution in [2.75, 3.05) is 0 Å². The molecule has 0 aliphatic rings. The van der Waals surface area contributed by atoms with Crippen LogP contribution in [0.15, 0.2) is 119 Å². The average molecular weight is 495 g/mol. The van der Waals surface area contributed by atoms with Crippen molar-refractivity contribution in [3.05, 3.63) is 130 Å². The van der Waals surface area contributed by atoms with E-state index in [0.29, 0.717) is 33.5 Å². The van der Waals surface area contributed by atoms with E-state index < -0.39 is 11.2 Å². The maximum atomic E-state index is 14.1. The van der Waals surface area contributed by atoms with Gasteiger partial charge in [-0.2, -0.15) is 9.97 Å². The van der Waals surface area contributed by atoms with E-state index in [-0.39, 0.29) is 11.6 Å². The Kier molecular flexibility index (Phi) is 4.90. The van der Waals surface area contributed by atoms with Crippen LogP contribution in [-0.2, 0) is 0 Å². The Morgan fingerprint density at radius 2 is 1.08 bits per heavy atom. The molecule has 0 saturated carbocycles. The second-order valence-electron chi connectivity index (χ2n) is 8.74. The number of rotatable bonds is 3. The van der Waals surface area contributed by atoms with Gasteiger partial charge in [0, 0.05) is 16.5 Å². The molecule has 0 amide bonds. The van der Waals surface area contributed by atoms with Gasteiger partial charge in [0.1, 0.15) is 0 Å². The van der Waals surface area contributed by atoms with Crippen molar-refractivity contribution in [2.45, 2.75) is 0 Å². The zero-order valence-electron chi connectivity index (χ0n) is 19.9. The van der Waals surface area contributed by atoms with E-state index in [1.807, 2.05) is 84.9 Å². The topological polar surface area (TPSA) is 95.0 Å². The summed E-state index contributed by atoms with van der Waals surface area (Å²) in [6, 6.07) is 33.3. The van der Waals surface area contributed by atoms with Crippen LogP contribution < -0.4 is 11.2 Å². The third kappa shape index (κ3) is 3.39. The van der Waals surface area contributed by atoms with Gasteiger partial charge in [0.05, 0.1) is 16.4 Å². The molecule has 0 fully saturated rings. The van der Waals surface area contributed by atoms with Crippen LogP contribution in [0.3, 0.4) is 0 Å². The van der Waals surface area contributed by atoms with Crippen molar-refractivity contribution in [1.29, 1.82) is 0 Å². The predicted molar refractivity (Wildman–Crippen MR) is 146 cm³/mol. The predicted octanol–water partition coefficient (Wildman–Crippen LogP) is 4.67. The lowest BCUT2D eigenvalue weighted by molar-refractivity contribution is 0.828. The van der Waals surface area contributed by atoms with Crippen LogP contribution >= 0.6 is 0 Å². The Hall–Kier alpha value is -5.50. The van der Waals surface area contributed by atoms with Gasteiger partial charge in [-0.3, -0.25) is 4.79 Å². The highest BCUT2D eigenvalue weighted by Gasteiger charge is 2.20. The lowest BCUT2D eigenvalue weighted by Gasteiger charge is -2.14. The van der Waals surface area contributed by atoms with Gasteiger partial charge in [0.25, 0.3) is 5.56 Å². The van der Waals surface area contributed by atoms with E-state index in [1.165, 1.54) is 4.57 Å². The summed E-state index contributed by atoms with van der Waals surface area (Å²) in [5, 5.41) is 0.979. The molecule has 7 rings (SSSR count). The smallest absolute Gasteiger partial charge is 0.268 e. The van der Waals surface area contributed by atoms with E-state index in [0.717, 1.165) is 15.5 Å². The number of benzene rings is 4. The molecular formula is C30H18N6O2. The van der Waals surface area contributed by atoms with Gasteiger partial charge in [-0.05, 0) is 24.3 Å². The summed E-state index contributed by atoms with van der Waals surface area (Å²) in [4.78, 5) is 46.5.